The minimum Gasteiger partial charge on any atom is -0.493 e. The van der Waals surface area contributed by atoms with Crippen LogP contribution in [0.25, 0.3) is 11.0 Å². The minimum atomic E-state index is -2.97. The van der Waals surface area contributed by atoms with E-state index in [0.29, 0.717) is 11.0 Å². The molecule has 0 saturated carbocycles. The first-order valence-corrected chi connectivity index (χ1v) is 8.52. The van der Waals surface area contributed by atoms with Gasteiger partial charge < -0.3 is 19.2 Å². The summed E-state index contributed by atoms with van der Waals surface area (Å²) < 4.78 is 73.4. The van der Waals surface area contributed by atoms with E-state index in [1.54, 1.807) is 0 Å². The SMILES string of the molecule is [2H]C([2H])([2H])Oc1ccnc(CS(=O)c2nc3ccc(OC(F)F)cc3[nH]2)c1OC. The molecule has 7 nitrogen and oxygen atoms in total. The lowest BCUT2D eigenvalue weighted by molar-refractivity contribution is -0.0497. The van der Waals surface area contributed by atoms with Crippen LogP contribution >= 0.6 is 0 Å². The first kappa shape index (κ1) is 14.4. The molecule has 2 heterocycles. The summed E-state index contributed by atoms with van der Waals surface area (Å²) in [4.78, 5) is 11.1. The van der Waals surface area contributed by atoms with Gasteiger partial charge in [-0.15, -0.1) is 0 Å². The van der Waals surface area contributed by atoms with Crippen molar-refractivity contribution in [3.63, 3.8) is 0 Å². The second kappa shape index (κ2) is 7.65. The van der Waals surface area contributed by atoms with Crippen LogP contribution in [0.2, 0.25) is 0 Å². The Morgan fingerprint density at radius 1 is 1.35 bits per heavy atom. The number of aromatic amines is 1. The zero-order valence-electron chi connectivity index (χ0n) is 16.4. The standard InChI is InChI=1S/C16H15F2N3O4S/c1-23-13-5-6-19-12(14(13)24-2)8-26(22)16-20-10-4-3-9(25-15(17)18)7-11(10)21-16/h3-7,15H,8H2,1-2H3,(H,20,21)/i1D3. The van der Waals surface area contributed by atoms with E-state index in [0.717, 1.165) is 0 Å². The highest BCUT2D eigenvalue weighted by atomic mass is 32.2. The molecular weight excluding hydrogens is 368 g/mol. The Balaban J connectivity index is 1.85. The van der Waals surface area contributed by atoms with Crippen molar-refractivity contribution in [2.24, 2.45) is 0 Å². The van der Waals surface area contributed by atoms with E-state index in [1.165, 1.54) is 37.6 Å². The lowest BCUT2D eigenvalue weighted by Gasteiger charge is -2.10. The van der Waals surface area contributed by atoms with Crippen LogP contribution in [0.5, 0.6) is 17.2 Å². The fourth-order valence-electron chi connectivity index (χ4n) is 2.31. The summed E-state index contributed by atoms with van der Waals surface area (Å²) in [6.07, 6.45) is 1.31. The van der Waals surface area contributed by atoms with Gasteiger partial charge in [-0.3, -0.25) is 9.19 Å². The third kappa shape index (κ3) is 3.74. The summed E-state index contributed by atoms with van der Waals surface area (Å²) in [5, 5.41) is 0.0835. The van der Waals surface area contributed by atoms with E-state index < -0.39 is 24.4 Å². The Bertz CT molecular complexity index is 1050. The number of hydrogen-bond acceptors (Lipinski definition) is 6. The number of aromatic nitrogens is 3. The molecule has 2 aromatic heterocycles. The lowest BCUT2D eigenvalue weighted by Crippen LogP contribution is -2.04. The predicted molar refractivity (Wildman–Crippen MR) is 90.2 cm³/mol. The highest BCUT2D eigenvalue weighted by Gasteiger charge is 2.17. The second-order valence-electron chi connectivity index (χ2n) is 4.98. The Hall–Kier alpha value is -2.75. The number of nitrogens with zero attached hydrogens (tertiary/aromatic N) is 2. The van der Waals surface area contributed by atoms with Crippen molar-refractivity contribution < 1.29 is 31.3 Å². The van der Waals surface area contributed by atoms with Gasteiger partial charge in [-0.1, -0.05) is 0 Å². The summed E-state index contributed by atoms with van der Waals surface area (Å²) in [5.41, 5.74) is 0.982. The molecule has 0 bridgehead atoms. The van der Waals surface area contributed by atoms with Crippen LogP contribution in [0.4, 0.5) is 8.78 Å². The van der Waals surface area contributed by atoms with Gasteiger partial charge in [0.15, 0.2) is 16.7 Å². The molecule has 1 N–H and O–H groups in total. The first-order valence-electron chi connectivity index (χ1n) is 8.70. The molecule has 0 amide bonds. The number of fused-ring (bicyclic) bond motifs is 1. The van der Waals surface area contributed by atoms with E-state index >= 15 is 0 Å². The quantitative estimate of drug-likeness (QED) is 0.672. The fourth-order valence-corrected chi connectivity index (χ4v) is 3.33. The molecule has 0 radical (unpaired) electrons. The van der Waals surface area contributed by atoms with E-state index in [2.05, 4.69) is 19.7 Å². The molecule has 3 aromatic rings. The number of hydrogen-bond donors (Lipinski definition) is 1. The van der Waals surface area contributed by atoms with Crippen LogP contribution in [0.3, 0.4) is 0 Å². The zero-order valence-corrected chi connectivity index (χ0v) is 14.2. The second-order valence-corrected chi connectivity index (χ2v) is 6.35. The molecule has 0 aliphatic carbocycles. The number of imidazole rings is 1. The van der Waals surface area contributed by atoms with Crippen molar-refractivity contribution in [2.45, 2.75) is 17.5 Å². The van der Waals surface area contributed by atoms with E-state index in [-0.39, 0.29) is 33.9 Å². The van der Waals surface area contributed by atoms with Crippen molar-refractivity contribution in [1.82, 2.24) is 15.0 Å². The van der Waals surface area contributed by atoms with Gasteiger partial charge in [0, 0.05) is 18.3 Å². The first-order chi connectivity index (χ1) is 13.7. The average Bonchev–Trinajstić information content (AvgIpc) is 3.03. The third-order valence-corrected chi connectivity index (χ3v) is 4.56. The Kier molecular flexibility index (Phi) is 4.24. The van der Waals surface area contributed by atoms with Crippen LogP contribution in [-0.2, 0) is 16.6 Å². The zero-order chi connectivity index (χ0) is 21.2. The van der Waals surface area contributed by atoms with Gasteiger partial charge in [0.25, 0.3) is 0 Å². The molecule has 0 saturated heterocycles. The van der Waals surface area contributed by atoms with Crippen molar-refractivity contribution in [3.05, 3.63) is 36.2 Å². The highest BCUT2D eigenvalue weighted by molar-refractivity contribution is 7.84. The summed E-state index contributed by atoms with van der Waals surface area (Å²) in [6.45, 7) is -2.97. The maximum Gasteiger partial charge on any atom is 0.387 e. The van der Waals surface area contributed by atoms with Crippen molar-refractivity contribution in [2.75, 3.05) is 14.1 Å². The molecular formula is C16H15F2N3O4S. The van der Waals surface area contributed by atoms with Gasteiger partial charge in [-0.05, 0) is 12.1 Å². The Morgan fingerprint density at radius 3 is 2.92 bits per heavy atom. The number of pyridine rings is 1. The molecule has 0 aliphatic rings. The summed E-state index contributed by atoms with van der Waals surface area (Å²) in [7, 11) is -3.11. The van der Waals surface area contributed by atoms with E-state index in [1.807, 2.05) is 0 Å². The number of ether oxygens (including phenoxy) is 3. The van der Waals surface area contributed by atoms with Gasteiger partial charge in [0.2, 0.25) is 0 Å². The van der Waals surface area contributed by atoms with Crippen LogP contribution in [-0.4, -0.2) is 39.9 Å². The van der Waals surface area contributed by atoms with E-state index in [9.17, 15) is 13.0 Å². The van der Waals surface area contributed by atoms with Gasteiger partial charge in [0.1, 0.15) is 5.75 Å². The molecule has 138 valence electrons. The number of nitrogens with one attached hydrogen (secondary N) is 1. The topological polar surface area (TPSA) is 86.3 Å². The maximum absolute atomic E-state index is 12.7. The van der Waals surface area contributed by atoms with Crippen LogP contribution in [0, 0.1) is 0 Å². The fraction of sp³-hybridized carbons (Fsp3) is 0.250. The Morgan fingerprint density at radius 2 is 2.19 bits per heavy atom. The summed E-state index contributed by atoms with van der Waals surface area (Å²) in [5.74, 6) is -0.235. The van der Waals surface area contributed by atoms with Crippen molar-refractivity contribution >= 4 is 21.8 Å². The molecule has 0 spiro atoms. The number of halogens is 2. The number of rotatable bonds is 7. The lowest BCUT2D eigenvalue weighted by atomic mass is 10.3. The van der Waals surface area contributed by atoms with Crippen LogP contribution < -0.4 is 14.2 Å². The average molecular weight is 386 g/mol. The molecule has 0 fully saturated rings. The van der Waals surface area contributed by atoms with Gasteiger partial charge in [-0.2, -0.15) is 8.78 Å². The van der Waals surface area contributed by atoms with Crippen molar-refractivity contribution in [1.29, 1.82) is 0 Å². The highest BCUT2D eigenvalue weighted by Crippen LogP contribution is 2.30. The van der Waals surface area contributed by atoms with Gasteiger partial charge in [-0.25, -0.2) is 4.98 Å². The number of benzene rings is 1. The summed E-state index contributed by atoms with van der Waals surface area (Å²) in [6, 6.07) is 5.41. The van der Waals surface area contributed by atoms with E-state index in [4.69, 9.17) is 13.6 Å². The Labute approximate surface area is 154 Å². The predicted octanol–water partition coefficient (Wildman–Crippen LogP) is 2.88. The molecule has 26 heavy (non-hydrogen) atoms. The number of alkyl halides is 2. The largest absolute Gasteiger partial charge is 0.493 e. The van der Waals surface area contributed by atoms with Crippen LogP contribution in [0.1, 0.15) is 9.81 Å². The molecule has 1 atom stereocenters. The smallest absolute Gasteiger partial charge is 0.387 e. The molecule has 10 heteroatoms. The maximum atomic E-state index is 12.7. The molecule has 1 aromatic carbocycles. The molecule has 3 rings (SSSR count). The minimum absolute atomic E-state index is 0.0423. The number of H-pyrrole nitrogens is 1. The molecule has 0 aliphatic heterocycles. The van der Waals surface area contributed by atoms with Gasteiger partial charge >= 0.3 is 6.61 Å². The normalized spacial score (nSPS) is 14.5. The monoisotopic (exact) mass is 386 g/mol. The molecule has 1 unspecified atom stereocenters. The summed E-state index contributed by atoms with van der Waals surface area (Å²) >= 11 is 0. The number of methoxy groups -OCH3 is 2. The van der Waals surface area contributed by atoms with Crippen molar-refractivity contribution in [3.8, 4) is 17.2 Å². The third-order valence-electron chi connectivity index (χ3n) is 3.40. The van der Waals surface area contributed by atoms with Crippen LogP contribution in [0.15, 0.2) is 35.6 Å². The van der Waals surface area contributed by atoms with Gasteiger partial charge in [0.05, 0.1) is 51.5 Å².